The minimum absolute atomic E-state index is 0.104. The summed E-state index contributed by atoms with van der Waals surface area (Å²) in [6.45, 7) is 6.91. The van der Waals surface area contributed by atoms with Crippen LogP contribution in [0.3, 0.4) is 0 Å². The number of nitro groups is 1. The molecule has 0 spiro atoms. The normalized spacial score (nSPS) is 21.5. The molecule has 5 rings (SSSR count). The predicted molar refractivity (Wildman–Crippen MR) is 172 cm³/mol. The first-order valence-electron chi connectivity index (χ1n) is 15.4. The molecule has 0 radical (unpaired) electrons. The number of aliphatic imine (C=N–C) groups is 1. The maximum Gasteiger partial charge on any atom is 0.337 e. The van der Waals surface area contributed by atoms with Crippen molar-refractivity contribution in [3.8, 4) is 0 Å². The van der Waals surface area contributed by atoms with Gasteiger partial charge in [-0.15, -0.1) is 0 Å². The molecule has 47 heavy (non-hydrogen) atoms. The Kier molecular flexibility index (Phi) is 9.95. The third-order valence-corrected chi connectivity index (χ3v) is 9.08. The number of ether oxygens (including phenoxy) is 2. The molecule has 0 bridgehead atoms. The molecular weight excluding hydrogens is 608 g/mol. The SMILES string of the molecule is COC(=O)C1C(C)=NC(C)=C(C(=O)OC2(C)CCN(CCC(c3ccc(F)cc3)c3ccc(F)cc3)C2)C1c1cccc([N+](=O)[O-])c1. The van der Waals surface area contributed by atoms with Crippen LogP contribution in [0, 0.1) is 27.7 Å². The lowest BCUT2D eigenvalue weighted by atomic mass is 9.75. The standard InChI is InChI=1S/C36H37F2N3O6/c1-22-31(34(42)46-4)33(26-6-5-7-29(20-26)41(44)45)32(23(2)39-22)35(43)47-36(3)17-19-40(21-36)18-16-30(24-8-12-27(37)13-9-24)25-10-14-28(38)15-11-25/h5-15,20,30-31,33H,16-19,21H2,1-4H3. The molecule has 0 N–H and O–H groups in total. The van der Waals surface area contributed by atoms with Crippen LogP contribution in [0.4, 0.5) is 14.5 Å². The lowest BCUT2D eigenvalue weighted by molar-refractivity contribution is -0.384. The fourth-order valence-corrected chi connectivity index (χ4v) is 6.73. The van der Waals surface area contributed by atoms with E-state index in [0.717, 1.165) is 11.1 Å². The van der Waals surface area contributed by atoms with E-state index in [1.165, 1.54) is 49.6 Å². The Morgan fingerprint density at radius 2 is 1.66 bits per heavy atom. The van der Waals surface area contributed by atoms with Crippen molar-refractivity contribution >= 4 is 23.3 Å². The molecule has 2 aliphatic heterocycles. The van der Waals surface area contributed by atoms with E-state index in [4.69, 9.17) is 9.47 Å². The molecule has 2 aliphatic rings. The van der Waals surface area contributed by atoms with E-state index < -0.39 is 34.3 Å². The molecule has 3 aromatic rings. The number of hydrogen-bond donors (Lipinski definition) is 0. The number of allylic oxidation sites excluding steroid dienone is 1. The summed E-state index contributed by atoms with van der Waals surface area (Å²) in [6, 6.07) is 18.5. The maximum absolute atomic E-state index is 14.0. The minimum atomic E-state index is -0.976. The van der Waals surface area contributed by atoms with Gasteiger partial charge in [-0.25, -0.2) is 13.6 Å². The highest BCUT2D eigenvalue weighted by Gasteiger charge is 2.45. The van der Waals surface area contributed by atoms with Gasteiger partial charge in [0.25, 0.3) is 5.69 Å². The second-order valence-electron chi connectivity index (χ2n) is 12.4. The molecule has 0 aromatic heterocycles. The minimum Gasteiger partial charge on any atom is -0.468 e. The molecule has 3 atom stereocenters. The summed E-state index contributed by atoms with van der Waals surface area (Å²) in [4.78, 5) is 44.8. The van der Waals surface area contributed by atoms with Gasteiger partial charge in [-0.2, -0.15) is 0 Å². The lowest BCUT2D eigenvalue weighted by Gasteiger charge is -2.33. The zero-order chi connectivity index (χ0) is 33.9. The van der Waals surface area contributed by atoms with Gasteiger partial charge in [0.2, 0.25) is 0 Å². The highest BCUT2D eigenvalue weighted by Crippen LogP contribution is 2.42. The van der Waals surface area contributed by atoms with Crippen molar-refractivity contribution in [3.63, 3.8) is 0 Å². The van der Waals surface area contributed by atoms with Crippen molar-refractivity contribution in [2.45, 2.75) is 51.0 Å². The van der Waals surface area contributed by atoms with Crippen molar-refractivity contribution < 1.29 is 32.8 Å². The Morgan fingerprint density at radius 1 is 1.04 bits per heavy atom. The van der Waals surface area contributed by atoms with Gasteiger partial charge in [0, 0.05) is 54.9 Å². The van der Waals surface area contributed by atoms with Gasteiger partial charge in [0.1, 0.15) is 23.2 Å². The Labute approximate surface area is 272 Å². The summed E-state index contributed by atoms with van der Waals surface area (Å²) in [5.74, 6) is -3.92. The van der Waals surface area contributed by atoms with Crippen LogP contribution in [0.25, 0.3) is 0 Å². The summed E-state index contributed by atoms with van der Waals surface area (Å²) in [7, 11) is 1.24. The molecule has 9 nitrogen and oxygen atoms in total. The number of hydrogen-bond acceptors (Lipinski definition) is 8. The summed E-state index contributed by atoms with van der Waals surface area (Å²) >= 11 is 0. The number of esters is 2. The lowest BCUT2D eigenvalue weighted by Crippen LogP contribution is -2.40. The maximum atomic E-state index is 14.0. The molecule has 11 heteroatoms. The molecular formula is C36H37F2N3O6. The van der Waals surface area contributed by atoms with E-state index in [-0.39, 0.29) is 28.8 Å². The first kappa shape index (κ1) is 33.6. The molecule has 246 valence electrons. The topological polar surface area (TPSA) is 111 Å². The van der Waals surface area contributed by atoms with Crippen LogP contribution in [0.5, 0.6) is 0 Å². The van der Waals surface area contributed by atoms with Crippen LogP contribution in [-0.4, -0.2) is 59.8 Å². The highest BCUT2D eigenvalue weighted by molar-refractivity contribution is 6.07. The first-order chi connectivity index (χ1) is 22.4. The number of carbonyl (C=O) groups is 2. The second-order valence-corrected chi connectivity index (χ2v) is 12.4. The first-order valence-corrected chi connectivity index (χ1v) is 15.4. The van der Waals surface area contributed by atoms with Gasteiger partial charge >= 0.3 is 11.9 Å². The van der Waals surface area contributed by atoms with Crippen LogP contribution in [0.15, 0.2) is 89.1 Å². The van der Waals surface area contributed by atoms with Crippen LogP contribution >= 0.6 is 0 Å². The summed E-state index contributed by atoms with van der Waals surface area (Å²) < 4.78 is 38.6. The van der Waals surface area contributed by atoms with Gasteiger partial charge in [0.15, 0.2) is 0 Å². The number of benzene rings is 3. The van der Waals surface area contributed by atoms with E-state index >= 15 is 0 Å². The largest absolute Gasteiger partial charge is 0.468 e. The number of likely N-dealkylation sites (tertiary alicyclic amines) is 1. The van der Waals surface area contributed by atoms with Crippen LogP contribution in [0.1, 0.15) is 62.1 Å². The van der Waals surface area contributed by atoms with Crippen LogP contribution in [-0.2, 0) is 19.1 Å². The molecule has 1 fully saturated rings. The third-order valence-electron chi connectivity index (χ3n) is 9.08. The number of nitrogens with zero attached hydrogens (tertiary/aromatic N) is 3. The molecule has 3 aromatic carbocycles. The Hall–Kier alpha value is -4.77. The average Bonchev–Trinajstić information content (AvgIpc) is 3.41. The number of rotatable bonds is 10. The quantitative estimate of drug-likeness (QED) is 0.137. The molecule has 2 heterocycles. The van der Waals surface area contributed by atoms with E-state index in [1.54, 1.807) is 44.2 Å². The number of carbonyl (C=O) groups excluding carboxylic acids is 2. The Balaban J connectivity index is 1.35. The molecule has 3 unspecified atom stereocenters. The van der Waals surface area contributed by atoms with E-state index in [2.05, 4.69) is 9.89 Å². The summed E-state index contributed by atoms with van der Waals surface area (Å²) in [5, 5.41) is 11.6. The van der Waals surface area contributed by atoms with Crippen LogP contribution < -0.4 is 0 Å². The van der Waals surface area contributed by atoms with Crippen molar-refractivity contribution in [2.24, 2.45) is 10.9 Å². The molecule has 0 aliphatic carbocycles. The number of nitro benzene ring substituents is 1. The molecule has 0 saturated carbocycles. The van der Waals surface area contributed by atoms with Gasteiger partial charge in [0.05, 0.1) is 17.6 Å². The van der Waals surface area contributed by atoms with E-state index in [9.17, 15) is 28.5 Å². The predicted octanol–water partition coefficient (Wildman–Crippen LogP) is 6.72. The fourth-order valence-electron chi connectivity index (χ4n) is 6.73. The van der Waals surface area contributed by atoms with Crippen molar-refractivity contribution in [1.29, 1.82) is 0 Å². The van der Waals surface area contributed by atoms with Crippen molar-refractivity contribution in [2.75, 3.05) is 26.7 Å². The summed E-state index contributed by atoms with van der Waals surface area (Å²) in [6.07, 6.45) is 1.21. The van der Waals surface area contributed by atoms with Gasteiger partial charge in [-0.1, -0.05) is 36.4 Å². The Bertz CT molecular complexity index is 1680. The number of methoxy groups -OCH3 is 1. The summed E-state index contributed by atoms with van der Waals surface area (Å²) in [5.41, 5.74) is 2.13. The van der Waals surface area contributed by atoms with Gasteiger partial charge in [-0.05, 0) is 74.7 Å². The van der Waals surface area contributed by atoms with E-state index in [0.29, 0.717) is 49.4 Å². The van der Waals surface area contributed by atoms with E-state index in [1.807, 2.05) is 6.92 Å². The second kappa shape index (κ2) is 13.9. The monoisotopic (exact) mass is 645 g/mol. The molecule has 0 amide bonds. The molecule has 1 saturated heterocycles. The third kappa shape index (κ3) is 7.46. The Morgan fingerprint density at radius 3 is 2.23 bits per heavy atom. The fraction of sp³-hybridized carbons (Fsp3) is 0.361. The smallest absolute Gasteiger partial charge is 0.337 e. The zero-order valence-corrected chi connectivity index (χ0v) is 26.7. The van der Waals surface area contributed by atoms with Gasteiger partial charge in [-0.3, -0.25) is 24.8 Å². The van der Waals surface area contributed by atoms with Crippen molar-refractivity contribution in [1.82, 2.24) is 4.90 Å². The highest BCUT2D eigenvalue weighted by atomic mass is 19.1. The van der Waals surface area contributed by atoms with Crippen molar-refractivity contribution in [3.05, 3.63) is 123 Å². The van der Waals surface area contributed by atoms with Gasteiger partial charge < -0.3 is 9.47 Å². The number of non-ortho nitro benzene ring substituents is 1. The average molecular weight is 646 g/mol. The zero-order valence-electron chi connectivity index (χ0n) is 26.7. The number of halogens is 2. The van der Waals surface area contributed by atoms with Crippen LogP contribution in [0.2, 0.25) is 0 Å².